The van der Waals surface area contributed by atoms with Crippen molar-refractivity contribution < 1.29 is 42.9 Å². The van der Waals surface area contributed by atoms with E-state index in [0.717, 1.165) is 16.5 Å². The molecule has 0 radical (unpaired) electrons. The summed E-state index contributed by atoms with van der Waals surface area (Å²) in [5.74, 6) is -2.19. The van der Waals surface area contributed by atoms with Gasteiger partial charge in [-0.15, -0.1) is 0 Å². The van der Waals surface area contributed by atoms with Crippen LogP contribution < -0.4 is 0 Å². The SMILES string of the molecule is CCCC(=O)O[C@@H]1[C@@H](OC(=O)CCC)[C@H](C)O[C@@H](OC(=O)CCc2c[nH]c3ccccc23)[C@@H]1OC(=O)CCC. The quantitative estimate of drug-likeness (QED) is 0.285. The fourth-order valence-electron chi connectivity index (χ4n) is 4.50. The van der Waals surface area contributed by atoms with Gasteiger partial charge in [0.2, 0.25) is 12.4 Å². The van der Waals surface area contributed by atoms with Crippen molar-refractivity contribution in [2.75, 3.05) is 0 Å². The molecule has 1 aliphatic rings. The van der Waals surface area contributed by atoms with E-state index < -0.39 is 54.6 Å². The summed E-state index contributed by atoms with van der Waals surface area (Å²) >= 11 is 0. The number of H-pyrrole nitrogens is 1. The van der Waals surface area contributed by atoms with Gasteiger partial charge in [0, 0.05) is 42.8 Å². The standard InChI is InChI=1S/C29H39NO9/c1-5-10-22(31)36-26-18(4)35-29(28(38-24(33)12-7-3)27(26)37-23(32)11-6-2)39-25(34)16-15-19-17-30-21-14-9-8-13-20(19)21/h8-9,13-14,17-18,26-30H,5-7,10-12,15-16H2,1-4H3/t18-,26-,27+,28+,29-/m0/s1. The molecular formula is C29H39NO9. The van der Waals surface area contributed by atoms with Crippen LogP contribution in [0, 0.1) is 0 Å². The maximum Gasteiger partial charge on any atom is 0.308 e. The number of carbonyl (C=O) groups is 4. The molecule has 10 nitrogen and oxygen atoms in total. The Morgan fingerprint density at radius 1 is 0.744 bits per heavy atom. The number of fused-ring (bicyclic) bond motifs is 1. The number of rotatable bonds is 13. The van der Waals surface area contributed by atoms with Crippen molar-refractivity contribution in [2.24, 2.45) is 0 Å². The normalized spacial score (nSPS) is 22.7. The lowest BCUT2D eigenvalue weighted by Crippen LogP contribution is -2.61. The van der Waals surface area contributed by atoms with E-state index in [1.54, 1.807) is 6.92 Å². The first-order valence-corrected chi connectivity index (χ1v) is 13.8. The predicted octanol–water partition coefficient (Wildman–Crippen LogP) is 4.52. The van der Waals surface area contributed by atoms with Crippen molar-refractivity contribution >= 4 is 34.8 Å². The highest BCUT2D eigenvalue weighted by Gasteiger charge is 2.52. The van der Waals surface area contributed by atoms with Crippen molar-refractivity contribution in [3.05, 3.63) is 36.0 Å². The first-order valence-electron chi connectivity index (χ1n) is 13.8. The molecule has 0 unspecified atom stereocenters. The molecule has 1 N–H and O–H groups in total. The van der Waals surface area contributed by atoms with Crippen LogP contribution in [0.3, 0.4) is 0 Å². The minimum atomic E-state index is -1.35. The molecule has 1 aliphatic heterocycles. The molecule has 1 aromatic carbocycles. The van der Waals surface area contributed by atoms with Crippen LogP contribution >= 0.6 is 0 Å². The highest BCUT2D eigenvalue weighted by Crippen LogP contribution is 2.31. The molecule has 1 aromatic heterocycles. The second-order valence-corrected chi connectivity index (χ2v) is 9.67. The van der Waals surface area contributed by atoms with Crippen LogP contribution in [-0.4, -0.2) is 59.6 Å². The number of esters is 4. The van der Waals surface area contributed by atoms with Crippen LogP contribution in [0.5, 0.6) is 0 Å². The van der Waals surface area contributed by atoms with Crippen molar-refractivity contribution in [2.45, 2.75) is 110 Å². The van der Waals surface area contributed by atoms with Crippen LogP contribution in [0.2, 0.25) is 0 Å². The number of aromatic nitrogens is 1. The number of carbonyl (C=O) groups excluding carboxylic acids is 4. The maximum atomic E-state index is 12.9. The Labute approximate surface area is 228 Å². The molecular weight excluding hydrogens is 506 g/mol. The number of benzene rings is 1. The Balaban J connectivity index is 1.80. The van der Waals surface area contributed by atoms with Gasteiger partial charge in [-0.2, -0.15) is 0 Å². The Morgan fingerprint density at radius 2 is 1.28 bits per heavy atom. The maximum absolute atomic E-state index is 12.9. The predicted molar refractivity (Wildman–Crippen MR) is 141 cm³/mol. The lowest BCUT2D eigenvalue weighted by molar-refractivity contribution is -0.294. The average Bonchev–Trinajstić information content (AvgIpc) is 3.31. The van der Waals surface area contributed by atoms with Gasteiger partial charge in [0.05, 0.1) is 6.10 Å². The Kier molecular flexibility index (Phi) is 11.3. The Morgan fingerprint density at radius 3 is 1.90 bits per heavy atom. The Bertz CT molecular complexity index is 1130. The zero-order chi connectivity index (χ0) is 28.4. The number of aryl methyl sites for hydroxylation is 1. The molecule has 0 spiro atoms. The molecule has 214 valence electrons. The number of hydrogen-bond donors (Lipinski definition) is 1. The van der Waals surface area contributed by atoms with Crippen LogP contribution in [0.15, 0.2) is 30.5 Å². The molecule has 0 aliphatic carbocycles. The first-order chi connectivity index (χ1) is 18.8. The third-order valence-electron chi connectivity index (χ3n) is 6.41. The first kappa shape index (κ1) is 30.1. The van der Waals surface area contributed by atoms with Crippen LogP contribution in [0.25, 0.3) is 10.9 Å². The molecule has 2 heterocycles. The number of ether oxygens (including phenoxy) is 5. The van der Waals surface area contributed by atoms with E-state index in [1.807, 2.05) is 51.2 Å². The lowest BCUT2D eigenvalue weighted by atomic mass is 9.98. The van der Waals surface area contributed by atoms with Crippen LogP contribution in [0.4, 0.5) is 0 Å². The van der Waals surface area contributed by atoms with Gasteiger partial charge < -0.3 is 28.7 Å². The molecule has 5 atom stereocenters. The molecule has 0 bridgehead atoms. The van der Waals surface area contributed by atoms with E-state index in [-0.39, 0.29) is 25.7 Å². The summed E-state index contributed by atoms with van der Waals surface area (Å²) in [5.41, 5.74) is 1.93. The molecule has 0 saturated carbocycles. The second-order valence-electron chi connectivity index (χ2n) is 9.67. The number of hydrogen-bond acceptors (Lipinski definition) is 9. The summed E-state index contributed by atoms with van der Waals surface area (Å²) < 4.78 is 28.5. The van der Waals surface area contributed by atoms with Crippen molar-refractivity contribution in [1.29, 1.82) is 0 Å². The molecule has 10 heteroatoms. The third kappa shape index (κ3) is 8.29. The molecule has 1 saturated heterocycles. The van der Waals surface area contributed by atoms with Crippen molar-refractivity contribution in [3.8, 4) is 0 Å². The largest absolute Gasteiger partial charge is 0.455 e. The fraction of sp³-hybridized carbons (Fsp3) is 0.586. The number of nitrogens with one attached hydrogen (secondary N) is 1. The van der Waals surface area contributed by atoms with Crippen LogP contribution in [0.1, 0.15) is 78.2 Å². The highest BCUT2D eigenvalue weighted by molar-refractivity contribution is 5.83. The number of para-hydroxylation sites is 1. The number of aromatic amines is 1. The van der Waals surface area contributed by atoms with Gasteiger partial charge in [-0.25, -0.2) is 0 Å². The highest BCUT2D eigenvalue weighted by atomic mass is 16.7. The van der Waals surface area contributed by atoms with Gasteiger partial charge in [-0.3, -0.25) is 19.2 Å². The molecule has 0 amide bonds. The molecule has 3 rings (SSSR count). The smallest absolute Gasteiger partial charge is 0.308 e. The average molecular weight is 546 g/mol. The van der Waals surface area contributed by atoms with E-state index in [4.69, 9.17) is 23.7 Å². The summed E-state index contributed by atoms with van der Waals surface area (Å²) in [4.78, 5) is 53.6. The van der Waals surface area contributed by atoms with Crippen molar-refractivity contribution in [1.82, 2.24) is 4.98 Å². The summed E-state index contributed by atoms with van der Waals surface area (Å²) in [5, 5.41) is 1.01. The van der Waals surface area contributed by atoms with E-state index in [1.165, 1.54) is 0 Å². The minimum absolute atomic E-state index is 0.0426. The second kappa shape index (κ2) is 14.7. The van der Waals surface area contributed by atoms with E-state index in [0.29, 0.717) is 25.7 Å². The van der Waals surface area contributed by atoms with Crippen LogP contribution in [-0.2, 0) is 49.3 Å². The zero-order valence-electron chi connectivity index (χ0n) is 23.1. The van der Waals surface area contributed by atoms with E-state index in [9.17, 15) is 19.2 Å². The monoisotopic (exact) mass is 545 g/mol. The van der Waals surface area contributed by atoms with Gasteiger partial charge in [0.25, 0.3) is 0 Å². The van der Waals surface area contributed by atoms with Gasteiger partial charge in [-0.1, -0.05) is 39.0 Å². The Hall–Kier alpha value is -3.40. The zero-order valence-corrected chi connectivity index (χ0v) is 23.1. The topological polar surface area (TPSA) is 130 Å². The summed E-state index contributed by atoms with van der Waals surface area (Å²) in [6.45, 7) is 7.10. The van der Waals surface area contributed by atoms with Crippen molar-refractivity contribution in [3.63, 3.8) is 0 Å². The van der Waals surface area contributed by atoms with E-state index in [2.05, 4.69) is 4.98 Å². The molecule has 1 fully saturated rings. The lowest BCUT2D eigenvalue weighted by Gasteiger charge is -2.43. The fourth-order valence-corrected chi connectivity index (χ4v) is 4.50. The van der Waals surface area contributed by atoms with Gasteiger partial charge in [0.15, 0.2) is 12.2 Å². The molecule has 39 heavy (non-hydrogen) atoms. The summed E-state index contributed by atoms with van der Waals surface area (Å²) in [6, 6.07) is 7.77. The van der Waals surface area contributed by atoms with Gasteiger partial charge >= 0.3 is 23.9 Å². The van der Waals surface area contributed by atoms with E-state index >= 15 is 0 Å². The summed E-state index contributed by atoms with van der Waals surface area (Å²) in [7, 11) is 0. The summed E-state index contributed by atoms with van der Waals surface area (Å²) in [6.07, 6.45) is -1.42. The third-order valence-corrected chi connectivity index (χ3v) is 6.41. The van der Waals surface area contributed by atoms with Gasteiger partial charge in [0.1, 0.15) is 0 Å². The van der Waals surface area contributed by atoms with Gasteiger partial charge in [-0.05, 0) is 44.2 Å². The molecule has 2 aromatic rings. The minimum Gasteiger partial charge on any atom is -0.455 e.